The number of hydrogen-bond acceptors (Lipinski definition) is 4. The van der Waals surface area contributed by atoms with Gasteiger partial charge in [0.2, 0.25) is 5.91 Å². The van der Waals surface area contributed by atoms with Crippen molar-refractivity contribution in [3.05, 3.63) is 47.5 Å². The first-order valence-electron chi connectivity index (χ1n) is 7.36. The Bertz CT molecular complexity index is 742. The maximum Gasteiger partial charge on any atom is 0.225 e. The van der Waals surface area contributed by atoms with E-state index < -0.39 is 0 Å². The van der Waals surface area contributed by atoms with Crippen LogP contribution in [0.2, 0.25) is 0 Å². The SMILES string of the molecule is COc1cc2c(c(OC)c1)[C@H](c1ccccc1OC)CC(=O)N2. The fourth-order valence-corrected chi connectivity index (χ4v) is 3.06. The van der Waals surface area contributed by atoms with Gasteiger partial charge in [0.1, 0.15) is 17.2 Å². The number of fused-ring (bicyclic) bond motifs is 1. The second kappa shape index (κ2) is 6.20. The Morgan fingerprint density at radius 2 is 1.74 bits per heavy atom. The summed E-state index contributed by atoms with van der Waals surface area (Å²) in [4.78, 5) is 12.2. The Morgan fingerprint density at radius 1 is 1.00 bits per heavy atom. The van der Waals surface area contributed by atoms with Gasteiger partial charge in [-0.05, 0) is 6.07 Å². The fraction of sp³-hybridized carbons (Fsp3) is 0.278. The number of anilines is 1. The molecule has 0 fully saturated rings. The van der Waals surface area contributed by atoms with Crippen molar-refractivity contribution >= 4 is 11.6 Å². The lowest BCUT2D eigenvalue weighted by atomic mass is 9.83. The maximum absolute atomic E-state index is 12.2. The van der Waals surface area contributed by atoms with Crippen molar-refractivity contribution in [2.24, 2.45) is 0 Å². The van der Waals surface area contributed by atoms with Gasteiger partial charge in [0.05, 0.1) is 27.0 Å². The molecule has 1 heterocycles. The normalized spacial score (nSPS) is 16.3. The zero-order chi connectivity index (χ0) is 16.4. The molecule has 120 valence electrons. The molecule has 23 heavy (non-hydrogen) atoms. The van der Waals surface area contributed by atoms with Gasteiger partial charge in [-0.3, -0.25) is 4.79 Å². The Balaban J connectivity index is 2.20. The zero-order valence-electron chi connectivity index (χ0n) is 13.4. The Kier molecular flexibility index (Phi) is 4.10. The van der Waals surface area contributed by atoms with Crippen LogP contribution in [0, 0.1) is 0 Å². The summed E-state index contributed by atoms with van der Waals surface area (Å²) in [6.45, 7) is 0. The van der Waals surface area contributed by atoms with E-state index in [1.54, 1.807) is 21.3 Å². The van der Waals surface area contributed by atoms with E-state index in [4.69, 9.17) is 14.2 Å². The minimum absolute atomic E-state index is 0.0382. The second-order valence-electron chi connectivity index (χ2n) is 5.34. The molecule has 0 saturated heterocycles. The monoisotopic (exact) mass is 313 g/mol. The minimum Gasteiger partial charge on any atom is -0.497 e. The zero-order valence-corrected chi connectivity index (χ0v) is 13.4. The third-order valence-electron chi connectivity index (χ3n) is 4.10. The summed E-state index contributed by atoms with van der Waals surface area (Å²) < 4.78 is 16.3. The van der Waals surface area contributed by atoms with Crippen molar-refractivity contribution in [3.8, 4) is 17.2 Å². The van der Waals surface area contributed by atoms with E-state index >= 15 is 0 Å². The lowest BCUT2D eigenvalue weighted by Crippen LogP contribution is -2.24. The summed E-state index contributed by atoms with van der Waals surface area (Å²) in [5.74, 6) is 1.92. The molecule has 1 atom stereocenters. The van der Waals surface area contributed by atoms with Crippen LogP contribution in [0.5, 0.6) is 17.2 Å². The number of carbonyl (C=O) groups is 1. The Morgan fingerprint density at radius 3 is 2.43 bits per heavy atom. The summed E-state index contributed by atoms with van der Waals surface area (Å²) in [5.41, 5.74) is 2.63. The molecule has 1 N–H and O–H groups in total. The number of ether oxygens (including phenoxy) is 3. The van der Waals surface area contributed by atoms with Crippen LogP contribution in [-0.2, 0) is 4.79 Å². The molecule has 5 heteroatoms. The van der Waals surface area contributed by atoms with Crippen molar-refractivity contribution in [2.75, 3.05) is 26.6 Å². The van der Waals surface area contributed by atoms with E-state index in [0.29, 0.717) is 23.6 Å². The van der Waals surface area contributed by atoms with Crippen LogP contribution in [0.25, 0.3) is 0 Å². The molecule has 5 nitrogen and oxygen atoms in total. The summed E-state index contributed by atoms with van der Waals surface area (Å²) in [6.07, 6.45) is 0.343. The van der Waals surface area contributed by atoms with Crippen LogP contribution < -0.4 is 19.5 Å². The number of carbonyl (C=O) groups excluding carboxylic acids is 1. The predicted molar refractivity (Wildman–Crippen MR) is 87.6 cm³/mol. The molecule has 0 bridgehead atoms. The summed E-state index contributed by atoms with van der Waals surface area (Å²) in [7, 11) is 4.84. The van der Waals surface area contributed by atoms with Gasteiger partial charge in [0.25, 0.3) is 0 Å². The average Bonchev–Trinajstić information content (AvgIpc) is 2.59. The van der Waals surface area contributed by atoms with Crippen LogP contribution in [0.3, 0.4) is 0 Å². The molecular formula is C18H19NO4. The molecule has 1 aliphatic rings. The fourth-order valence-electron chi connectivity index (χ4n) is 3.06. The number of benzene rings is 2. The highest BCUT2D eigenvalue weighted by Gasteiger charge is 2.32. The number of nitrogens with one attached hydrogen (secondary N) is 1. The van der Waals surface area contributed by atoms with E-state index in [-0.39, 0.29) is 11.8 Å². The standard InChI is InChI=1S/C18H19NO4/c1-21-11-8-14-18(16(9-11)23-3)13(10-17(20)19-14)12-6-4-5-7-15(12)22-2/h4-9,13H,10H2,1-3H3,(H,19,20)/t13-/m0/s1. The van der Waals surface area contributed by atoms with E-state index in [2.05, 4.69) is 5.32 Å². The van der Waals surface area contributed by atoms with Crippen LogP contribution in [0.15, 0.2) is 36.4 Å². The van der Waals surface area contributed by atoms with Gasteiger partial charge in [0, 0.05) is 35.6 Å². The van der Waals surface area contributed by atoms with Gasteiger partial charge < -0.3 is 19.5 Å². The Labute approximate surface area is 135 Å². The highest BCUT2D eigenvalue weighted by Crippen LogP contribution is 2.46. The number of rotatable bonds is 4. The predicted octanol–water partition coefficient (Wildman–Crippen LogP) is 3.19. The van der Waals surface area contributed by atoms with Crippen LogP contribution in [0.4, 0.5) is 5.69 Å². The van der Waals surface area contributed by atoms with Gasteiger partial charge in [-0.1, -0.05) is 18.2 Å². The van der Waals surface area contributed by atoms with Crippen molar-refractivity contribution in [3.63, 3.8) is 0 Å². The first kappa shape index (κ1) is 15.2. The smallest absolute Gasteiger partial charge is 0.225 e. The summed E-state index contributed by atoms with van der Waals surface area (Å²) in [5, 5.41) is 2.91. The van der Waals surface area contributed by atoms with Crippen molar-refractivity contribution in [1.82, 2.24) is 0 Å². The van der Waals surface area contributed by atoms with E-state index in [1.807, 2.05) is 36.4 Å². The molecule has 0 unspecified atom stereocenters. The Hall–Kier alpha value is -2.69. The van der Waals surface area contributed by atoms with Gasteiger partial charge >= 0.3 is 0 Å². The van der Waals surface area contributed by atoms with Gasteiger partial charge in [-0.25, -0.2) is 0 Å². The highest BCUT2D eigenvalue weighted by molar-refractivity contribution is 5.96. The highest BCUT2D eigenvalue weighted by atomic mass is 16.5. The lowest BCUT2D eigenvalue weighted by Gasteiger charge is -2.29. The quantitative estimate of drug-likeness (QED) is 0.942. The molecule has 0 radical (unpaired) electrons. The van der Waals surface area contributed by atoms with Crippen molar-refractivity contribution < 1.29 is 19.0 Å². The number of hydrogen-bond donors (Lipinski definition) is 1. The average molecular weight is 313 g/mol. The third-order valence-corrected chi connectivity index (χ3v) is 4.10. The largest absolute Gasteiger partial charge is 0.497 e. The molecule has 1 amide bonds. The molecule has 0 spiro atoms. The molecule has 2 aromatic rings. The number of amides is 1. The van der Waals surface area contributed by atoms with E-state index in [9.17, 15) is 4.79 Å². The second-order valence-corrected chi connectivity index (χ2v) is 5.34. The summed E-state index contributed by atoms with van der Waals surface area (Å²) >= 11 is 0. The molecule has 2 aromatic carbocycles. The molecule has 3 rings (SSSR count). The minimum atomic E-state index is -0.129. The molecule has 0 aromatic heterocycles. The van der Waals surface area contributed by atoms with Gasteiger partial charge in [-0.15, -0.1) is 0 Å². The molecular weight excluding hydrogens is 294 g/mol. The summed E-state index contributed by atoms with van der Waals surface area (Å²) in [6, 6.07) is 11.4. The van der Waals surface area contributed by atoms with Crippen LogP contribution >= 0.6 is 0 Å². The first-order chi connectivity index (χ1) is 11.2. The number of para-hydroxylation sites is 1. The van der Waals surface area contributed by atoms with Gasteiger partial charge in [0.15, 0.2) is 0 Å². The van der Waals surface area contributed by atoms with Crippen molar-refractivity contribution in [1.29, 1.82) is 0 Å². The molecule has 1 aliphatic heterocycles. The third kappa shape index (κ3) is 2.70. The first-order valence-corrected chi connectivity index (χ1v) is 7.36. The van der Waals surface area contributed by atoms with Crippen LogP contribution in [0.1, 0.15) is 23.5 Å². The van der Waals surface area contributed by atoms with E-state index in [0.717, 1.165) is 16.9 Å². The topological polar surface area (TPSA) is 56.8 Å². The van der Waals surface area contributed by atoms with Gasteiger partial charge in [-0.2, -0.15) is 0 Å². The van der Waals surface area contributed by atoms with E-state index in [1.165, 1.54) is 0 Å². The van der Waals surface area contributed by atoms with Crippen molar-refractivity contribution in [2.45, 2.75) is 12.3 Å². The number of methoxy groups -OCH3 is 3. The maximum atomic E-state index is 12.2. The lowest BCUT2D eigenvalue weighted by molar-refractivity contribution is -0.116. The van der Waals surface area contributed by atoms with Crippen LogP contribution in [-0.4, -0.2) is 27.2 Å². The molecule has 0 aliphatic carbocycles. The molecule has 0 saturated carbocycles.